The van der Waals surface area contributed by atoms with E-state index in [9.17, 15) is 4.79 Å². The molecule has 0 aliphatic carbocycles. The van der Waals surface area contributed by atoms with Crippen LogP contribution in [0.4, 0.5) is 5.69 Å². The number of rotatable bonds is 3. The van der Waals surface area contributed by atoms with Crippen molar-refractivity contribution in [3.8, 4) is 0 Å². The van der Waals surface area contributed by atoms with Crippen LogP contribution in [0.5, 0.6) is 0 Å². The molecular weight excluding hydrogens is 222 g/mol. The predicted molar refractivity (Wildman–Crippen MR) is 75.8 cm³/mol. The topological polar surface area (TPSA) is 20.3 Å². The molecule has 1 aliphatic rings. The van der Waals surface area contributed by atoms with E-state index in [0.29, 0.717) is 0 Å². The van der Waals surface area contributed by atoms with Gasteiger partial charge in [0.1, 0.15) is 0 Å². The summed E-state index contributed by atoms with van der Waals surface area (Å²) in [5.41, 5.74) is 1.95. The number of fused-ring (bicyclic) bond motifs is 1. The quantitative estimate of drug-likeness (QED) is 0.741. The van der Waals surface area contributed by atoms with E-state index in [1.807, 2.05) is 29.2 Å². The number of anilines is 1. The number of nitrogens with zero attached hydrogens (tertiary/aromatic N) is 1. The van der Waals surface area contributed by atoms with Crippen LogP contribution in [0.25, 0.3) is 0 Å². The molecule has 18 heavy (non-hydrogen) atoms. The van der Waals surface area contributed by atoms with Gasteiger partial charge in [0.15, 0.2) is 0 Å². The maximum atomic E-state index is 12.7. The van der Waals surface area contributed by atoms with E-state index in [1.54, 1.807) is 0 Å². The normalized spacial score (nSPS) is 19.3. The van der Waals surface area contributed by atoms with E-state index >= 15 is 0 Å². The zero-order valence-electron chi connectivity index (χ0n) is 11.6. The van der Waals surface area contributed by atoms with Crippen LogP contribution < -0.4 is 4.90 Å². The zero-order chi connectivity index (χ0) is 13.5. The summed E-state index contributed by atoms with van der Waals surface area (Å²) in [6.07, 6.45) is 1.89. The molecule has 0 bridgehead atoms. The lowest BCUT2D eigenvalue weighted by atomic mass is 9.76. The number of benzene rings is 1. The van der Waals surface area contributed by atoms with Crippen molar-refractivity contribution in [1.82, 2.24) is 0 Å². The molecule has 0 saturated carbocycles. The Kier molecular flexibility index (Phi) is 3.05. The van der Waals surface area contributed by atoms with Gasteiger partial charge in [0.05, 0.1) is 5.92 Å². The van der Waals surface area contributed by atoms with Crippen LogP contribution in [0.2, 0.25) is 0 Å². The van der Waals surface area contributed by atoms with E-state index in [-0.39, 0.29) is 23.3 Å². The number of hydrogen-bond donors (Lipinski definition) is 0. The van der Waals surface area contributed by atoms with Gasteiger partial charge in [0.25, 0.3) is 0 Å². The fourth-order valence-electron chi connectivity index (χ4n) is 2.71. The first-order chi connectivity index (χ1) is 8.40. The van der Waals surface area contributed by atoms with Crippen molar-refractivity contribution in [2.24, 2.45) is 5.41 Å². The monoisotopic (exact) mass is 243 g/mol. The molecule has 2 heteroatoms. The summed E-state index contributed by atoms with van der Waals surface area (Å²) < 4.78 is 0. The first-order valence-electron chi connectivity index (χ1n) is 6.45. The van der Waals surface area contributed by atoms with E-state index in [0.717, 1.165) is 11.3 Å². The van der Waals surface area contributed by atoms with Crippen LogP contribution in [-0.2, 0) is 4.79 Å². The van der Waals surface area contributed by atoms with Gasteiger partial charge in [-0.3, -0.25) is 4.79 Å². The summed E-state index contributed by atoms with van der Waals surface area (Å²) in [5.74, 6) is 0.0738. The smallest absolute Gasteiger partial charge is 0.235 e. The van der Waals surface area contributed by atoms with Crippen LogP contribution in [0.15, 0.2) is 36.9 Å². The Morgan fingerprint density at radius 1 is 1.33 bits per heavy atom. The van der Waals surface area contributed by atoms with Gasteiger partial charge in [0.2, 0.25) is 5.91 Å². The van der Waals surface area contributed by atoms with Crippen LogP contribution in [0.3, 0.4) is 0 Å². The fourth-order valence-corrected chi connectivity index (χ4v) is 2.71. The lowest BCUT2D eigenvalue weighted by Gasteiger charge is -2.28. The van der Waals surface area contributed by atoms with Gasteiger partial charge in [-0.1, -0.05) is 38.1 Å². The van der Waals surface area contributed by atoms with Gasteiger partial charge in [0, 0.05) is 11.7 Å². The number of para-hydroxylation sites is 1. The Balaban J connectivity index is 2.59. The van der Waals surface area contributed by atoms with Crippen molar-refractivity contribution in [3.05, 3.63) is 42.5 Å². The fraction of sp³-hybridized carbons (Fsp3) is 0.438. The van der Waals surface area contributed by atoms with Gasteiger partial charge in [-0.05, 0) is 30.9 Å². The van der Waals surface area contributed by atoms with E-state index < -0.39 is 0 Å². The maximum absolute atomic E-state index is 12.7. The highest BCUT2D eigenvalue weighted by atomic mass is 16.2. The molecule has 0 saturated heterocycles. The molecule has 2 rings (SSSR count). The molecule has 0 aromatic heterocycles. The van der Waals surface area contributed by atoms with Crippen LogP contribution in [0, 0.1) is 5.41 Å². The van der Waals surface area contributed by atoms with Crippen LogP contribution in [-0.4, -0.2) is 11.9 Å². The third-order valence-electron chi connectivity index (χ3n) is 3.78. The molecular formula is C16H21NO. The van der Waals surface area contributed by atoms with Gasteiger partial charge < -0.3 is 4.90 Å². The Morgan fingerprint density at radius 3 is 2.50 bits per heavy atom. The molecule has 96 valence electrons. The third-order valence-corrected chi connectivity index (χ3v) is 3.78. The summed E-state index contributed by atoms with van der Waals surface area (Å²) in [4.78, 5) is 14.6. The van der Waals surface area contributed by atoms with Gasteiger partial charge in [-0.2, -0.15) is 0 Å². The van der Waals surface area contributed by atoms with Crippen molar-refractivity contribution in [2.75, 3.05) is 4.90 Å². The van der Waals surface area contributed by atoms with Crippen molar-refractivity contribution < 1.29 is 4.79 Å². The molecule has 0 N–H and O–H groups in total. The van der Waals surface area contributed by atoms with Gasteiger partial charge in [-0.25, -0.2) is 0 Å². The van der Waals surface area contributed by atoms with E-state index in [2.05, 4.69) is 40.3 Å². The van der Waals surface area contributed by atoms with Crippen molar-refractivity contribution in [3.63, 3.8) is 0 Å². The Hall–Kier alpha value is -1.57. The molecule has 1 aromatic rings. The maximum Gasteiger partial charge on any atom is 0.235 e. The first-order valence-corrected chi connectivity index (χ1v) is 6.45. The molecule has 2 nitrogen and oxygen atoms in total. The van der Waals surface area contributed by atoms with Crippen LogP contribution in [0.1, 0.15) is 39.2 Å². The first kappa shape index (κ1) is 12.9. The summed E-state index contributed by atoms with van der Waals surface area (Å²) in [7, 11) is 0. The second kappa shape index (κ2) is 4.27. The average Bonchev–Trinajstić information content (AvgIpc) is 2.61. The molecule has 1 heterocycles. The van der Waals surface area contributed by atoms with Crippen molar-refractivity contribution >= 4 is 11.6 Å². The van der Waals surface area contributed by atoms with Gasteiger partial charge >= 0.3 is 0 Å². The molecule has 1 atom stereocenters. The van der Waals surface area contributed by atoms with E-state index in [1.165, 1.54) is 0 Å². The Bertz CT molecular complexity index is 488. The largest absolute Gasteiger partial charge is 0.309 e. The number of allylic oxidation sites excluding steroid dienone is 1. The SMILES string of the molecule is C=CC(C)(C)C1C(=O)N(C(C)C)c2ccccc21. The number of hydrogen-bond acceptors (Lipinski definition) is 1. The lowest BCUT2D eigenvalue weighted by Crippen LogP contribution is -2.38. The second-order valence-electron chi connectivity index (χ2n) is 5.82. The minimum Gasteiger partial charge on any atom is -0.309 e. The highest BCUT2D eigenvalue weighted by Crippen LogP contribution is 2.47. The zero-order valence-corrected chi connectivity index (χ0v) is 11.6. The number of carbonyl (C=O) groups is 1. The lowest BCUT2D eigenvalue weighted by molar-refractivity contribution is -0.121. The highest BCUT2D eigenvalue weighted by molar-refractivity contribution is 6.06. The second-order valence-corrected chi connectivity index (χ2v) is 5.82. The standard InChI is InChI=1S/C16H21NO/c1-6-16(4,5)14-12-9-7-8-10-13(12)17(11(2)3)15(14)18/h6-11,14H,1H2,2-5H3. The molecule has 0 fully saturated rings. The summed E-state index contributed by atoms with van der Waals surface area (Å²) >= 11 is 0. The average molecular weight is 243 g/mol. The van der Waals surface area contributed by atoms with Gasteiger partial charge in [-0.15, -0.1) is 6.58 Å². The number of carbonyl (C=O) groups excluding carboxylic acids is 1. The van der Waals surface area contributed by atoms with Crippen molar-refractivity contribution in [1.29, 1.82) is 0 Å². The predicted octanol–water partition coefficient (Wildman–Crippen LogP) is 3.74. The summed E-state index contributed by atoms with van der Waals surface area (Å²) in [5, 5.41) is 0. The Morgan fingerprint density at radius 2 is 1.94 bits per heavy atom. The van der Waals surface area contributed by atoms with Crippen LogP contribution >= 0.6 is 0 Å². The number of amides is 1. The van der Waals surface area contributed by atoms with E-state index in [4.69, 9.17) is 0 Å². The highest BCUT2D eigenvalue weighted by Gasteiger charge is 2.45. The minimum absolute atomic E-state index is 0.117. The molecule has 1 aromatic carbocycles. The molecule has 1 aliphatic heterocycles. The molecule has 0 spiro atoms. The third kappa shape index (κ3) is 1.76. The Labute approximate surface area is 109 Å². The minimum atomic E-state index is -0.225. The summed E-state index contributed by atoms with van der Waals surface area (Å²) in [6.45, 7) is 12.1. The summed E-state index contributed by atoms with van der Waals surface area (Å²) in [6, 6.07) is 8.27. The molecule has 0 radical (unpaired) electrons. The molecule has 1 unspecified atom stereocenters. The van der Waals surface area contributed by atoms with Crippen molar-refractivity contribution in [2.45, 2.75) is 39.7 Å². The molecule has 1 amide bonds.